The molecule has 0 aromatic rings. The van der Waals surface area contributed by atoms with Crippen LogP contribution in [0.2, 0.25) is 0 Å². The van der Waals surface area contributed by atoms with Gasteiger partial charge >= 0.3 is 6.18 Å². The monoisotopic (exact) mass is 254 g/mol. The van der Waals surface area contributed by atoms with Gasteiger partial charge in [-0.2, -0.15) is 13.2 Å². The van der Waals surface area contributed by atoms with Crippen molar-refractivity contribution >= 4 is 0 Å². The number of rotatable bonds is 6. The predicted molar refractivity (Wildman–Crippen MR) is 60.0 cm³/mol. The van der Waals surface area contributed by atoms with E-state index in [9.17, 15) is 13.2 Å². The number of hydrogen-bond acceptors (Lipinski definition) is 3. The molecule has 17 heavy (non-hydrogen) atoms. The van der Waals surface area contributed by atoms with Crippen LogP contribution >= 0.6 is 0 Å². The first-order valence-corrected chi connectivity index (χ1v) is 6.02. The summed E-state index contributed by atoms with van der Waals surface area (Å²) in [6.07, 6.45) is -1.90. The molecule has 0 radical (unpaired) electrons. The van der Waals surface area contributed by atoms with E-state index in [2.05, 4.69) is 15.0 Å². The van der Waals surface area contributed by atoms with E-state index in [1.54, 1.807) is 0 Å². The van der Waals surface area contributed by atoms with Gasteiger partial charge in [-0.3, -0.25) is 0 Å². The molecule has 1 aliphatic rings. The molecule has 1 heterocycles. The maximum absolute atomic E-state index is 11.8. The van der Waals surface area contributed by atoms with Gasteiger partial charge in [0.1, 0.15) is 6.61 Å². The van der Waals surface area contributed by atoms with Gasteiger partial charge in [0.25, 0.3) is 0 Å². The van der Waals surface area contributed by atoms with E-state index in [-0.39, 0.29) is 6.61 Å². The van der Waals surface area contributed by atoms with Gasteiger partial charge in [0.15, 0.2) is 0 Å². The normalized spacial score (nSPS) is 22.9. The van der Waals surface area contributed by atoms with Gasteiger partial charge in [-0.25, -0.2) is 0 Å². The summed E-state index contributed by atoms with van der Waals surface area (Å²) < 4.78 is 40.1. The van der Waals surface area contributed by atoms with Crippen molar-refractivity contribution in [1.29, 1.82) is 0 Å². The molecule has 0 amide bonds. The molecule has 0 aromatic heterocycles. The van der Waals surface area contributed by atoms with Crippen molar-refractivity contribution in [3.05, 3.63) is 0 Å². The molecule has 6 heteroatoms. The Hall–Kier alpha value is -0.330. The summed E-state index contributed by atoms with van der Waals surface area (Å²) in [5, 5.41) is 3.14. The number of likely N-dealkylation sites (tertiary alicyclic amines) is 1. The Morgan fingerprint density at radius 2 is 2.18 bits per heavy atom. The molecule has 1 atom stereocenters. The molecule has 1 saturated heterocycles. The van der Waals surface area contributed by atoms with E-state index >= 15 is 0 Å². The van der Waals surface area contributed by atoms with Crippen molar-refractivity contribution in [2.24, 2.45) is 5.92 Å². The van der Waals surface area contributed by atoms with Gasteiger partial charge in [-0.1, -0.05) is 0 Å². The fraction of sp³-hybridized carbons (Fsp3) is 1.00. The van der Waals surface area contributed by atoms with Crippen LogP contribution in [0.1, 0.15) is 12.8 Å². The lowest BCUT2D eigenvalue weighted by atomic mass is 9.98. The van der Waals surface area contributed by atoms with Gasteiger partial charge in [0, 0.05) is 13.1 Å². The van der Waals surface area contributed by atoms with Gasteiger partial charge in [-0.15, -0.1) is 0 Å². The molecular formula is C11H21F3N2O. The Morgan fingerprint density at radius 1 is 1.41 bits per heavy atom. The third kappa shape index (κ3) is 6.85. The van der Waals surface area contributed by atoms with E-state index in [1.807, 2.05) is 7.05 Å². The molecule has 1 rings (SSSR count). The minimum atomic E-state index is -4.21. The van der Waals surface area contributed by atoms with Crippen LogP contribution in [0, 0.1) is 5.92 Å². The average Bonchev–Trinajstić information content (AvgIpc) is 2.24. The van der Waals surface area contributed by atoms with E-state index < -0.39 is 12.8 Å². The van der Waals surface area contributed by atoms with Crippen LogP contribution in [0.15, 0.2) is 0 Å². The minimum Gasteiger partial charge on any atom is -0.371 e. The highest BCUT2D eigenvalue weighted by atomic mass is 19.4. The highest BCUT2D eigenvalue weighted by Gasteiger charge is 2.27. The van der Waals surface area contributed by atoms with Gasteiger partial charge in [-0.05, 0) is 38.9 Å². The Kier molecular flexibility index (Phi) is 6.22. The minimum absolute atomic E-state index is 0.159. The Bertz CT molecular complexity index is 209. The molecule has 0 bridgehead atoms. The molecule has 1 fully saturated rings. The van der Waals surface area contributed by atoms with Crippen molar-refractivity contribution in [2.45, 2.75) is 19.0 Å². The molecule has 3 nitrogen and oxygen atoms in total. The number of piperidine rings is 1. The van der Waals surface area contributed by atoms with Crippen LogP contribution in [-0.2, 0) is 4.74 Å². The number of hydrogen-bond donors (Lipinski definition) is 1. The number of ether oxygens (including phenoxy) is 1. The summed E-state index contributed by atoms with van der Waals surface area (Å²) in [6.45, 7) is 2.51. The highest BCUT2D eigenvalue weighted by Crippen LogP contribution is 2.16. The van der Waals surface area contributed by atoms with E-state index in [0.717, 1.165) is 26.1 Å². The number of alkyl halides is 3. The quantitative estimate of drug-likeness (QED) is 0.727. The first-order chi connectivity index (χ1) is 8.01. The second-order valence-electron chi connectivity index (χ2n) is 4.53. The van der Waals surface area contributed by atoms with Crippen LogP contribution in [0.4, 0.5) is 13.2 Å². The second kappa shape index (κ2) is 7.18. The van der Waals surface area contributed by atoms with Crippen LogP contribution in [0.25, 0.3) is 0 Å². The van der Waals surface area contributed by atoms with Crippen LogP contribution in [-0.4, -0.2) is 57.5 Å². The van der Waals surface area contributed by atoms with Gasteiger partial charge < -0.3 is 15.0 Å². The molecule has 1 unspecified atom stereocenters. The summed E-state index contributed by atoms with van der Waals surface area (Å²) in [6, 6.07) is 0. The van der Waals surface area contributed by atoms with Crippen molar-refractivity contribution in [2.75, 3.05) is 46.4 Å². The van der Waals surface area contributed by atoms with E-state index in [4.69, 9.17) is 0 Å². The third-order valence-electron chi connectivity index (χ3n) is 2.91. The maximum Gasteiger partial charge on any atom is 0.411 e. The highest BCUT2D eigenvalue weighted by molar-refractivity contribution is 4.73. The molecule has 0 aromatic carbocycles. The van der Waals surface area contributed by atoms with E-state index in [1.165, 1.54) is 6.42 Å². The summed E-state index contributed by atoms with van der Waals surface area (Å²) in [7, 11) is 1.92. The molecule has 1 N–H and O–H groups in total. The second-order valence-corrected chi connectivity index (χ2v) is 4.53. The standard InChI is InChI=1S/C11H21F3N2O/c1-15-7-10-3-2-4-16(8-10)5-6-17-9-11(12,13)14/h10,15H,2-9H2,1H3. The zero-order valence-electron chi connectivity index (χ0n) is 10.2. The summed E-state index contributed by atoms with van der Waals surface area (Å²) in [5.74, 6) is 0.608. The molecular weight excluding hydrogens is 233 g/mol. The largest absolute Gasteiger partial charge is 0.411 e. The Balaban J connectivity index is 2.10. The van der Waals surface area contributed by atoms with Crippen molar-refractivity contribution in [3.8, 4) is 0 Å². The maximum atomic E-state index is 11.8. The smallest absolute Gasteiger partial charge is 0.371 e. The first-order valence-electron chi connectivity index (χ1n) is 6.02. The summed E-state index contributed by atoms with van der Waals surface area (Å²) in [5.41, 5.74) is 0. The summed E-state index contributed by atoms with van der Waals surface area (Å²) >= 11 is 0. The van der Waals surface area contributed by atoms with Crippen LogP contribution in [0.3, 0.4) is 0 Å². The number of halogens is 3. The predicted octanol–water partition coefficient (Wildman–Crippen LogP) is 1.50. The lowest BCUT2D eigenvalue weighted by Crippen LogP contribution is -2.40. The Morgan fingerprint density at radius 3 is 2.82 bits per heavy atom. The zero-order chi connectivity index (χ0) is 12.7. The molecule has 0 spiro atoms. The lowest BCUT2D eigenvalue weighted by Gasteiger charge is -2.32. The molecule has 0 saturated carbocycles. The average molecular weight is 254 g/mol. The van der Waals surface area contributed by atoms with Crippen molar-refractivity contribution in [1.82, 2.24) is 10.2 Å². The van der Waals surface area contributed by atoms with Crippen LogP contribution in [0.5, 0.6) is 0 Å². The third-order valence-corrected chi connectivity index (χ3v) is 2.91. The van der Waals surface area contributed by atoms with Gasteiger partial charge in [0.2, 0.25) is 0 Å². The topological polar surface area (TPSA) is 24.5 Å². The summed E-state index contributed by atoms with van der Waals surface area (Å²) in [4.78, 5) is 2.18. The van der Waals surface area contributed by atoms with Crippen molar-refractivity contribution in [3.63, 3.8) is 0 Å². The number of nitrogens with one attached hydrogen (secondary N) is 1. The van der Waals surface area contributed by atoms with Crippen molar-refractivity contribution < 1.29 is 17.9 Å². The first kappa shape index (κ1) is 14.7. The number of nitrogens with zero attached hydrogens (tertiary/aromatic N) is 1. The molecule has 1 aliphatic heterocycles. The lowest BCUT2D eigenvalue weighted by molar-refractivity contribution is -0.174. The zero-order valence-corrected chi connectivity index (χ0v) is 10.2. The molecule has 0 aliphatic carbocycles. The fourth-order valence-corrected chi connectivity index (χ4v) is 2.19. The van der Waals surface area contributed by atoms with Crippen LogP contribution < -0.4 is 5.32 Å². The fourth-order valence-electron chi connectivity index (χ4n) is 2.19. The van der Waals surface area contributed by atoms with E-state index in [0.29, 0.717) is 12.5 Å². The molecule has 102 valence electrons. The SMILES string of the molecule is CNCC1CCCN(CCOCC(F)(F)F)C1. The van der Waals surface area contributed by atoms with Gasteiger partial charge in [0.05, 0.1) is 6.61 Å². The Labute approximate surface area is 100 Å².